The molecule has 27 heteroatoms. The Morgan fingerprint density at radius 2 is 1.36 bits per heavy atom. The Morgan fingerprint density at radius 3 is 2.00 bits per heavy atom. The summed E-state index contributed by atoms with van der Waals surface area (Å²) in [5, 5.41) is 80.1. The van der Waals surface area contributed by atoms with Gasteiger partial charge in [0.15, 0.2) is 17.6 Å². The topological polar surface area (TPSA) is 377 Å². The highest BCUT2D eigenvalue weighted by Crippen LogP contribution is 2.32. The lowest BCUT2D eigenvalue weighted by molar-refractivity contribution is -0.147. The van der Waals surface area contributed by atoms with Crippen molar-refractivity contribution in [2.45, 2.75) is 139 Å². The molecule has 9 amide bonds. The highest BCUT2D eigenvalue weighted by atomic mass is 16.6. The van der Waals surface area contributed by atoms with Crippen molar-refractivity contribution in [3.8, 4) is 11.5 Å². The number of alkyl carbamates (subject to hydrolysis) is 1. The largest absolute Gasteiger partial charge is 0.488 e. The SMILES string of the molecule is [C-]#[N+]C[C@@H](O)[C@@H]1NC(=O)[C@H]([C@H](O)Cc2ccc(OCc3ccccc3)c(OCCN3C(=O)c4ccccc4C3=O)c2)NC(=O)[C@@H]2C[C@@H](O)CN2C(=O)[C@H]([C@@H](C)O)NC(=O)C(NC(=O)OC(C)(C)C)C[C@@H](O)CNC(=O)[C@@H]2[C@@H](O)[C@@H](C)CN2C1=O. The zero-order chi connectivity index (χ0) is 61.3. The second kappa shape index (κ2) is 27.4. The molecule has 3 aromatic rings. The van der Waals surface area contributed by atoms with Crippen LogP contribution in [0.3, 0.4) is 0 Å². The summed E-state index contributed by atoms with van der Waals surface area (Å²) in [7, 11) is 0. The van der Waals surface area contributed by atoms with Crippen molar-refractivity contribution in [2.75, 3.05) is 39.3 Å². The van der Waals surface area contributed by atoms with Crippen LogP contribution in [0.25, 0.3) is 4.85 Å². The maximum Gasteiger partial charge on any atom is 0.408 e. The minimum atomic E-state index is -2.14. The van der Waals surface area contributed by atoms with Gasteiger partial charge in [-0.1, -0.05) is 55.5 Å². The Morgan fingerprint density at radius 1 is 0.726 bits per heavy atom. The summed E-state index contributed by atoms with van der Waals surface area (Å²) in [5.74, 6) is -8.74. The first-order valence-electron chi connectivity index (χ1n) is 27.3. The Kier molecular flexibility index (Phi) is 20.7. The van der Waals surface area contributed by atoms with Crippen LogP contribution in [0.1, 0.15) is 79.3 Å². The van der Waals surface area contributed by atoms with E-state index in [0.29, 0.717) is 0 Å². The minimum Gasteiger partial charge on any atom is -0.488 e. The van der Waals surface area contributed by atoms with Crippen LogP contribution < -0.4 is 36.1 Å². The highest BCUT2D eigenvalue weighted by Gasteiger charge is 2.50. The van der Waals surface area contributed by atoms with Crippen LogP contribution in [0.15, 0.2) is 72.8 Å². The van der Waals surface area contributed by atoms with E-state index in [9.17, 15) is 73.8 Å². The van der Waals surface area contributed by atoms with Crippen molar-refractivity contribution < 1.29 is 88.0 Å². The van der Waals surface area contributed by atoms with E-state index in [0.717, 1.165) is 27.2 Å². The highest BCUT2D eigenvalue weighted by molar-refractivity contribution is 6.21. The van der Waals surface area contributed by atoms with E-state index in [1.807, 2.05) is 18.2 Å². The molecule has 4 heterocycles. The maximum atomic E-state index is 14.9. The summed E-state index contributed by atoms with van der Waals surface area (Å²) in [4.78, 5) is 132. The van der Waals surface area contributed by atoms with Gasteiger partial charge >= 0.3 is 6.09 Å². The lowest BCUT2D eigenvalue weighted by Gasteiger charge is -2.33. The molecule has 0 bridgehead atoms. The van der Waals surface area contributed by atoms with Crippen LogP contribution >= 0.6 is 0 Å². The van der Waals surface area contributed by atoms with Gasteiger partial charge in [-0.15, -0.1) is 0 Å². The molecule has 3 fully saturated rings. The van der Waals surface area contributed by atoms with Gasteiger partial charge in [0.1, 0.15) is 55.1 Å². The molecule has 452 valence electrons. The quantitative estimate of drug-likeness (QED) is 0.0609. The number of nitrogens with zero attached hydrogens (tertiary/aromatic N) is 4. The van der Waals surface area contributed by atoms with Crippen LogP contribution in [0, 0.1) is 12.5 Å². The number of nitrogens with one attached hydrogen (secondary N) is 5. The first-order valence-corrected chi connectivity index (χ1v) is 27.3. The fourth-order valence-corrected chi connectivity index (χ4v) is 10.3. The third kappa shape index (κ3) is 15.3. The number of hydrogen-bond acceptors (Lipinski definition) is 18. The van der Waals surface area contributed by atoms with Crippen molar-refractivity contribution >= 4 is 53.4 Å². The van der Waals surface area contributed by atoms with Gasteiger partial charge in [-0.2, -0.15) is 0 Å². The van der Waals surface area contributed by atoms with Crippen LogP contribution in [0.4, 0.5) is 4.79 Å². The first kappa shape index (κ1) is 63.3. The van der Waals surface area contributed by atoms with E-state index in [2.05, 4.69) is 31.4 Å². The molecule has 27 nitrogen and oxygen atoms in total. The number of rotatable bonds is 14. The Balaban J connectivity index is 1.24. The predicted octanol–water partition coefficient (Wildman–Crippen LogP) is -2.10. The molecule has 1 unspecified atom stereocenters. The third-order valence-electron chi connectivity index (χ3n) is 14.5. The predicted molar refractivity (Wildman–Crippen MR) is 293 cm³/mol. The van der Waals surface area contributed by atoms with Gasteiger partial charge in [0.25, 0.3) is 11.8 Å². The standard InChI is InChI=1S/C57H71N9O18/c1-29-26-66-46(47(29)72)51(76)59-24-33(68)22-37(60-56(81)84-57(3,4)5)48(73)61-43(30(2)67)54(79)65-27-34(69)23-38(65)49(74)62-44(50(75)63-45(55(66)80)40(71)25-58-6)39(70)20-32-16-17-41(83-28-31-12-8-7-9-13-31)42(21-32)82-19-18-64-52(77)35-14-10-11-15-36(35)53(64)78/h7-17,21,29-30,33-34,37-40,43-47,67-72H,18-20,22-28H2,1-5H3,(H,59,76)(H,60,81)(H,61,73)(H,62,74)(H,63,75)/t29-,30+,33+,34+,37?,38-,39+,40+,43-,44-,45-,46-,47-/m0/s1. The molecule has 11 N–H and O–H groups in total. The number of fused-ring (bicyclic) bond motifs is 3. The van der Waals surface area contributed by atoms with Gasteiger partial charge in [-0.3, -0.25) is 43.3 Å². The monoisotopic (exact) mass is 1170 g/mol. The van der Waals surface area contributed by atoms with Crippen LogP contribution in [-0.4, -0.2) is 216 Å². The van der Waals surface area contributed by atoms with E-state index >= 15 is 0 Å². The number of carbonyl (C=O) groups excluding carboxylic acids is 9. The van der Waals surface area contributed by atoms with Crippen LogP contribution in [0.5, 0.6) is 11.5 Å². The molecule has 4 aliphatic rings. The molecule has 0 aliphatic carbocycles. The van der Waals surface area contributed by atoms with Gasteiger partial charge in [0, 0.05) is 44.8 Å². The molecule has 0 radical (unpaired) electrons. The molecule has 0 spiro atoms. The van der Waals surface area contributed by atoms with E-state index in [-0.39, 0.29) is 54.5 Å². The number of hydrogen-bond donors (Lipinski definition) is 11. The number of aliphatic hydroxyl groups is 6. The van der Waals surface area contributed by atoms with Gasteiger partial charge in [0.05, 0.1) is 48.2 Å². The van der Waals surface area contributed by atoms with Crippen molar-refractivity contribution in [1.29, 1.82) is 0 Å². The van der Waals surface area contributed by atoms with Gasteiger partial charge < -0.3 is 86.1 Å². The average molecular weight is 1170 g/mol. The lowest BCUT2D eigenvalue weighted by Crippen LogP contribution is -2.64. The van der Waals surface area contributed by atoms with E-state index in [1.54, 1.807) is 24.3 Å². The van der Waals surface area contributed by atoms with Crippen molar-refractivity contribution in [3.05, 3.63) is 106 Å². The Hall–Kier alpha value is -8.26. The molecule has 3 aromatic carbocycles. The lowest BCUT2D eigenvalue weighted by atomic mass is 9.99. The number of ether oxygens (including phenoxy) is 3. The minimum absolute atomic E-state index is 0.0523. The molecular weight excluding hydrogens is 1100 g/mol. The molecule has 13 atom stereocenters. The molecule has 0 saturated carbocycles. The molecule has 7 rings (SSSR count). The van der Waals surface area contributed by atoms with Crippen molar-refractivity contribution in [3.63, 3.8) is 0 Å². The number of β-amino-alcohol motifs (C(OH)–C–C–N with tert-alkyl or cyclic N) is 1. The van der Waals surface area contributed by atoms with Crippen molar-refractivity contribution in [1.82, 2.24) is 41.3 Å². The van der Waals surface area contributed by atoms with E-state index in [4.69, 9.17) is 20.8 Å². The van der Waals surface area contributed by atoms with Gasteiger partial charge in [-0.05, 0) is 63.1 Å². The number of benzene rings is 3. The zero-order valence-electron chi connectivity index (χ0n) is 46.9. The van der Waals surface area contributed by atoms with Crippen LogP contribution in [0.2, 0.25) is 0 Å². The maximum absolute atomic E-state index is 14.9. The summed E-state index contributed by atoms with van der Waals surface area (Å²) in [6.45, 7) is 11.9. The molecule has 3 saturated heterocycles. The van der Waals surface area contributed by atoms with Crippen molar-refractivity contribution in [2.24, 2.45) is 5.92 Å². The summed E-state index contributed by atoms with van der Waals surface area (Å²) in [5.41, 5.74) is 0.351. The second-order valence-electron chi connectivity index (χ2n) is 22.2. The third-order valence-corrected chi connectivity index (χ3v) is 14.5. The second-order valence-corrected chi connectivity index (χ2v) is 22.2. The molecular formula is C57H71N9O18. The average Bonchev–Trinajstić information content (AvgIpc) is 2.93. The fourth-order valence-electron chi connectivity index (χ4n) is 10.3. The van der Waals surface area contributed by atoms with Gasteiger partial charge in [-0.25, -0.2) is 11.4 Å². The number of amides is 9. The smallest absolute Gasteiger partial charge is 0.408 e. The van der Waals surface area contributed by atoms with E-state index in [1.165, 1.54) is 58.0 Å². The molecule has 84 heavy (non-hydrogen) atoms. The zero-order valence-corrected chi connectivity index (χ0v) is 46.9. The summed E-state index contributed by atoms with van der Waals surface area (Å²) >= 11 is 0. The molecule has 0 aromatic heterocycles. The molecule has 4 aliphatic heterocycles. The Labute approximate surface area is 483 Å². The fraction of sp³-hybridized carbons (Fsp3) is 0.509. The number of carbonyl (C=O) groups is 9. The number of imide groups is 1. The van der Waals surface area contributed by atoms with Gasteiger partial charge in [0.2, 0.25) is 42.0 Å². The summed E-state index contributed by atoms with van der Waals surface area (Å²) in [6.07, 6.45) is -13.3. The van der Waals surface area contributed by atoms with E-state index < -0.39 is 177 Å². The normalized spacial score (nSPS) is 26.7. The summed E-state index contributed by atoms with van der Waals surface area (Å²) in [6, 6.07) is 8.44. The Bertz CT molecular complexity index is 2950. The number of aliphatic hydroxyl groups excluding tert-OH is 6. The summed E-state index contributed by atoms with van der Waals surface area (Å²) < 4.78 is 17.6. The first-order chi connectivity index (χ1) is 39.8. The van der Waals surface area contributed by atoms with Crippen LogP contribution in [-0.2, 0) is 46.5 Å².